The molecule has 0 bridgehead atoms. The summed E-state index contributed by atoms with van der Waals surface area (Å²) in [4.78, 5) is 10.6. The molecule has 0 unspecified atom stereocenters. The number of para-hydroxylation sites is 1. The molecule has 0 atom stereocenters. The second kappa shape index (κ2) is 5.40. The molecule has 2 rings (SSSR count). The summed E-state index contributed by atoms with van der Waals surface area (Å²) in [6.07, 6.45) is -0.114. The zero-order valence-corrected chi connectivity index (χ0v) is 10.1. The maximum absolute atomic E-state index is 10.6. The smallest absolute Gasteiger partial charge is 0.311 e. The molecule has 0 amide bonds. The molecule has 94 valence electrons. The first kappa shape index (κ1) is 12.2. The van der Waals surface area contributed by atoms with Crippen molar-refractivity contribution in [2.45, 2.75) is 13.3 Å². The Bertz CT molecular complexity index is 542. The van der Waals surface area contributed by atoms with Crippen LogP contribution in [0.25, 0.3) is 11.3 Å². The first-order valence-electron chi connectivity index (χ1n) is 5.73. The first-order chi connectivity index (χ1) is 8.70. The lowest BCUT2D eigenvalue weighted by atomic mass is 10.1. The minimum atomic E-state index is -0.908. The molecule has 0 saturated heterocycles. The third-order valence-corrected chi connectivity index (χ3v) is 2.44. The van der Waals surface area contributed by atoms with Gasteiger partial charge in [0, 0.05) is 0 Å². The van der Waals surface area contributed by atoms with Crippen LogP contribution in [0.1, 0.15) is 12.7 Å². The Balaban J connectivity index is 2.30. The molecule has 4 heteroatoms. The normalized spacial score (nSPS) is 10.3. The van der Waals surface area contributed by atoms with E-state index in [4.69, 9.17) is 14.3 Å². The maximum Gasteiger partial charge on any atom is 0.311 e. The largest absolute Gasteiger partial charge is 0.493 e. The zero-order valence-electron chi connectivity index (χ0n) is 10.1. The van der Waals surface area contributed by atoms with Crippen LogP contribution in [0.5, 0.6) is 5.75 Å². The molecule has 18 heavy (non-hydrogen) atoms. The lowest BCUT2D eigenvalue weighted by molar-refractivity contribution is -0.136. The van der Waals surface area contributed by atoms with Crippen molar-refractivity contribution in [1.82, 2.24) is 0 Å². The summed E-state index contributed by atoms with van der Waals surface area (Å²) in [5, 5.41) is 8.70. The van der Waals surface area contributed by atoms with Gasteiger partial charge in [-0.25, -0.2) is 0 Å². The van der Waals surface area contributed by atoms with E-state index in [-0.39, 0.29) is 6.42 Å². The number of rotatable bonds is 5. The van der Waals surface area contributed by atoms with Crippen molar-refractivity contribution in [2.24, 2.45) is 0 Å². The van der Waals surface area contributed by atoms with Gasteiger partial charge in [0.05, 0.1) is 12.2 Å². The second-order valence-corrected chi connectivity index (χ2v) is 3.77. The highest BCUT2D eigenvalue weighted by molar-refractivity contribution is 5.70. The SMILES string of the molecule is CCOc1ccccc1-c1ccc(CC(=O)O)o1. The van der Waals surface area contributed by atoms with Crippen LogP contribution in [0.15, 0.2) is 40.8 Å². The van der Waals surface area contributed by atoms with Crippen molar-refractivity contribution in [3.8, 4) is 17.1 Å². The standard InChI is InChI=1S/C14H14O4/c1-2-17-12-6-4-3-5-11(12)13-8-7-10(18-13)9-14(15)16/h3-8H,2,9H2,1H3,(H,15,16). The van der Waals surface area contributed by atoms with Crippen LogP contribution in [-0.4, -0.2) is 17.7 Å². The summed E-state index contributed by atoms with van der Waals surface area (Å²) in [5.41, 5.74) is 0.830. The molecule has 0 saturated carbocycles. The van der Waals surface area contributed by atoms with Gasteiger partial charge in [-0.05, 0) is 31.2 Å². The summed E-state index contributed by atoms with van der Waals surface area (Å²) in [5.74, 6) is 0.879. The summed E-state index contributed by atoms with van der Waals surface area (Å²) in [6.45, 7) is 2.48. The van der Waals surface area contributed by atoms with Gasteiger partial charge in [0.1, 0.15) is 23.7 Å². The average molecular weight is 246 g/mol. The van der Waals surface area contributed by atoms with Crippen molar-refractivity contribution >= 4 is 5.97 Å². The fourth-order valence-corrected chi connectivity index (χ4v) is 1.72. The highest BCUT2D eigenvalue weighted by Crippen LogP contribution is 2.31. The highest BCUT2D eigenvalue weighted by Gasteiger charge is 2.11. The van der Waals surface area contributed by atoms with Gasteiger partial charge in [-0.1, -0.05) is 12.1 Å². The van der Waals surface area contributed by atoms with Crippen LogP contribution in [0.4, 0.5) is 0 Å². The van der Waals surface area contributed by atoms with Crippen LogP contribution in [0.3, 0.4) is 0 Å². The van der Waals surface area contributed by atoms with E-state index in [0.29, 0.717) is 18.1 Å². The average Bonchev–Trinajstić information content (AvgIpc) is 2.77. The molecule has 0 fully saturated rings. The summed E-state index contributed by atoms with van der Waals surface area (Å²) in [6, 6.07) is 10.9. The van der Waals surface area contributed by atoms with Gasteiger partial charge in [0.15, 0.2) is 0 Å². The quantitative estimate of drug-likeness (QED) is 0.881. The fraction of sp³-hybridized carbons (Fsp3) is 0.214. The minimum absolute atomic E-state index is 0.114. The van der Waals surface area contributed by atoms with E-state index in [1.54, 1.807) is 12.1 Å². The number of furan rings is 1. The molecule has 2 aromatic rings. The molecule has 0 radical (unpaired) electrons. The number of hydrogen-bond donors (Lipinski definition) is 1. The Hall–Kier alpha value is -2.23. The molecule has 0 spiro atoms. The number of carbonyl (C=O) groups is 1. The van der Waals surface area contributed by atoms with Gasteiger partial charge in [-0.15, -0.1) is 0 Å². The van der Waals surface area contributed by atoms with E-state index in [1.807, 2.05) is 31.2 Å². The van der Waals surface area contributed by atoms with E-state index in [9.17, 15) is 4.79 Å². The molecule has 1 heterocycles. The second-order valence-electron chi connectivity index (χ2n) is 3.77. The van der Waals surface area contributed by atoms with Crippen molar-refractivity contribution in [3.63, 3.8) is 0 Å². The number of ether oxygens (including phenoxy) is 1. The third-order valence-electron chi connectivity index (χ3n) is 2.44. The lowest BCUT2D eigenvalue weighted by Crippen LogP contribution is -1.98. The summed E-state index contributed by atoms with van der Waals surface area (Å²) in [7, 11) is 0. The Labute approximate surface area is 105 Å². The molecule has 1 aromatic carbocycles. The van der Waals surface area contributed by atoms with Gasteiger partial charge in [-0.2, -0.15) is 0 Å². The van der Waals surface area contributed by atoms with Gasteiger partial charge in [-0.3, -0.25) is 4.79 Å². The maximum atomic E-state index is 10.6. The Morgan fingerprint density at radius 3 is 2.78 bits per heavy atom. The molecule has 0 aliphatic carbocycles. The molecular formula is C14H14O4. The zero-order chi connectivity index (χ0) is 13.0. The third kappa shape index (κ3) is 2.71. The Kier molecular flexibility index (Phi) is 3.67. The Morgan fingerprint density at radius 2 is 2.06 bits per heavy atom. The monoisotopic (exact) mass is 246 g/mol. The van der Waals surface area contributed by atoms with Gasteiger partial charge >= 0.3 is 5.97 Å². The Morgan fingerprint density at radius 1 is 1.28 bits per heavy atom. The summed E-state index contributed by atoms with van der Waals surface area (Å²) < 4.78 is 11.0. The first-order valence-corrected chi connectivity index (χ1v) is 5.73. The number of hydrogen-bond acceptors (Lipinski definition) is 3. The van der Waals surface area contributed by atoms with Crippen molar-refractivity contribution in [1.29, 1.82) is 0 Å². The predicted octanol–water partition coefficient (Wildman–Crippen LogP) is 2.97. The topological polar surface area (TPSA) is 59.7 Å². The van der Waals surface area contributed by atoms with Crippen LogP contribution in [0, 0.1) is 0 Å². The van der Waals surface area contributed by atoms with Gasteiger partial charge in [0.2, 0.25) is 0 Å². The van der Waals surface area contributed by atoms with E-state index < -0.39 is 5.97 Å². The van der Waals surface area contributed by atoms with Gasteiger partial charge in [0.25, 0.3) is 0 Å². The van der Waals surface area contributed by atoms with E-state index in [2.05, 4.69) is 0 Å². The van der Waals surface area contributed by atoms with Crippen LogP contribution < -0.4 is 4.74 Å². The van der Waals surface area contributed by atoms with E-state index >= 15 is 0 Å². The minimum Gasteiger partial charge on any atom is -0.493 e. The van der Waals surface area contributed by atoms with E-state index in [1.165, 1.54) is 0 Å². The molecule has 1 aromatic heterocycles. The number of carboxylic acid groups (broad SMARTS) is 1. The van der Waals surface area contributed by atoms with Crippen molar-refractivity contribution < 1.29 is 19.1 Å². The van der Waals surface area contributed by atoms with Crippen LogP contribution >= 0.6 is 0 Å². The number of carboxylic acids is 1. The van der Waals surface area contributed by atoms with Gasteiger partial charge < -0.3 is 14.3 Å². The molecule has 1 N–H and O–H groups in total. The van der Waals surface area contributed by atoms with E-state index in [0.717, 1.165) is 11.3 Å². The number of benzene rings is 1. The number of aliphatic carboxylic acids is 1. The fourth-order valence-electron chi connectivity index (χ4n) is 1.72. The molecular weight excluding hydrogens is 232 g/mol. The molecule has 4 nitrogen and oxygen atoms in total. The summed E-state index contributed by atoms with van der Waals surface area (Å²) >= 11 is 0. The predicted molar refractivity (Wildman–Crippen MR) is 66.7 cm³/mol. The molecule has 0 aliphatic rings. The molecule has 0 aliphatic heterocycles. The lowest BCUT2D eigenvalue weighted by Gasteiger charge is -2.07. The van der Waals surface area contributed by atoms with Crippen LogP contribution in [-0.2, 0) is 11.2 Å². The van der Waals surface area contributed by atoms with Crippen LogP contribution in [0.2, 0.25) is 0 Å². The van der Waals surface area contributed by atoms with Crippen molar-refractivity contribution in [3.05, 3.63) is 42.2 Å². The van der Waals surface area contributed by atoms with Crippen molar-refractivity contribution in [2.75, 3.05) is 6.61 Å². The highest BCUT2D eigenvalue weighted by atomic mass is 16.5.